The van der Waals surface area contributed by atoms with Crippen LogP contribution in [0.25, 0.3) is 22.3 Å². The molecule has 4 aromatic rings. The van der Waals surface area contributed by atoms with E-state index < -0.39 is 11.1 Å². The molecule has 8 rings (SSSR count). The lowest BCUT2D eigenvalue weighted by molar-refractivity contribution is 0.0828. The largest absolute Gasteiger partial charge is 0.462 e. The van der Waals surface area contributed by atoms with Crippen LogP contribution in [0.5, 0.6) is 0 Å². The Balaban J connectivity index is 0.000000142. The number of benzene rings is 2. The maximum absolute atomic E-state index is 12.9. The molecule has 2 aliphatic heterocycles. The third-order valence-corrected chi connectivity index (χ3v) is 8.57. The van der Waals surface area contributed by atoms with Crippen LogP contribution in [-0.2, 0) is 22.3 Å². The summed E-state index contributed by atoms with van der Waals surface area (Å²) in [6.07, 6.45) is 12.7. The number of rotatable bonds is 2. The standard InChI is InChI=1S/2C16H14N4O2/c2*17-15-20-16(8-22-15)5-4-12-11(10-6-18-9-19-7-10)2-1-3-13(12)14(16)21/h2*1-3,6-7,9H,4-5,8H2,(H2,17,20)/t2*16-/m10/s1. The summed E-state index contributed by atoms with van der Waals surface area (Å²) in [6, 6.07) is 11.6. The van der Waals surface area contributed by atoms with Crippen molar-refractivity contribution in [2.24, 2.45) is 21.5 Å². The molecular formula is C32H28N8O4. The van der Waals surface area contributed by atoms with Crippen LogP contribution in [0, 0.1) is 0 Å². The number of aliphatic imine (C=N–C) groups is 2. The van der Waals surface area contributed by atoms with E-state index in [4.69, 9.17) is 20.9 Å². The number of amidine groups is 2. The Morgan fingerprint density at radius 2 is 0.977 bits per heavy atom. The van der Waals surface area contributed by atoms with Crippen LogP contribution < -0.4 is 11.5 Å². The van der Waals surface area contributed by atoms with Crippen molar-refractivity contribution in [1.29, 1.82) is 0 Å². The van der Waals surface area contributed by atoms with Gasteiger partial charge in [-0.2, -0.15) is 0 Å². The highest BCUT2D eigenvalue weighted by atomic mass is 16.5. The second-order valence-electron chi connectivity index (χ2n) is 11.1. The summed E-state index contributed by atoms with van der Waals surface area (Å²) in [5.41, 5.74) is 16.8. The monoisotopic (exact) mass is 588 g/mol. The number of nitrogens with zero attached hydrogens (tertiary/aromatic N) is 6. The fourth-order valence-electron chi connectivity index (χ4n) is 6.37. The van der Waals surface area contributed by atoms with Crippen molar-refractivity contribution in [3.8, 4) is 22.3 Å². The molecule has 4 aliphatic rings. The van der Waals surface area contributed by atoms with Crippen molar-refractivity contribution in [2.75, 3.05) is 13.2 Å². The lowest BCUT2D eigenvalue weighted by Gasteiger charge is -2.29. The van der Waals surface area contributed by atoms with Gasteiger partial charge in [0.05, 0.1) is 0 Å². The summed E-state index contributed by atoms with van der Waals surface area (Å²) < 4.78 is 10.5. The Kier molecular flexibility index (Phi) is 6.60. The zero-order valence-corrected chi connectivity index (χ0v) is 23.6. The number of ether oxygens (including phenoxy) is 2. The first kappa shape index (κ1) is 27.3. The quantitative estimate of drug-likeness (QED) is 0.353. The van der Waals surface area contributed by atoms with E-state index in [0.717, 1.165) is 46.2 Å². The second kappa shape index (κ2) is 10.6. The molecule has 0 bridgehead atoms. The van der Waals surface area contributed by atoms with Crippen LogP contribution in [-0.4, -0.2) is 67.8 Å². The topological polar surface area (TPSA) is 181 Å². The van der Waals surface area contributed by atoms with Gasteiger partial charge in [0.25, 0.3) is 12.0 Å². The first-order chi connectivity index (χ1) is 21.4. The number of aromatic nitrogens is 4. The molecule has 12 nitrogen and oxygen atoms in total. The van der Waals surface area contributed by atoms with Crippen LogP contribution in [0.1, 0.15) is 44.7 Å². The molecule has 2 aliphatic carbocycles. The van der Waals surface area contributed by atoms with E-state index in [1.165, 1.54) is 12.7 Å². The average Bonchev–Trinajstić information content (AvgIpc) is 3.64. The van der Waals surface area contributed by atoms with E-state index in [1.54, 1.807) is 24.8 Å². The van der Waals surface area contributed by atoms with Gasteiger partial charge in [-0.15, -0.1) is 0 Å². The van der Waals surface area contributed by atoms with Crippen LogP contribution in [0.15, 0.2) is 83.8 Å². The van der Waals surface area contributed by atoms with Crippen LogP contribution in [0.2, 0.25) is 0 Å². The number of ketones is 2. The highest BCUT2D eigenvalue weighted by molar-refractivity contribution is 6.09. The molecule has 220 valence electrons. The van der Waals surface area contributed by atoms with E-state index in [9.17, 15) is 9.59 Å². The molecule has 0 amide bonds. The minimum absolute atomic E-state index is 0.0205. The molecule has 0 radical (unpaired) electrons. The molecule has 4 heterocycles. The fraction of sp³-hybridized carbons (Fsp3) is 0.250. The van der Waals surface area contributed by atoms with Gasteiger partial charge in [-0.25, -0.2) is 29.9 Å². The Labute approximate surface area is 252 Å². The molecule has 2 aromatic carbocycles. The molecule has 0 saturated carbocycles. The predicted molar refractivity (Wildman–Crippen MR) is 161 cm³/mol. The van der Waals surface area contributed by atoms with Crippen molar-refractivity contribution >= 4 is 23.6 Å². The van der Waals surface area contributed by atoms with Crippen molar-refractivity contribution in [1.82, 2.24) is 19.9 Å². The average molecular weight is 589 g/mol. The van der Waals surface area contributed by atoms with E-state index in [0.29, 0.717) is 24.0 Å². The Morgan fingerprint density at radius 3 is 1.34 bits per heavy atom. The molecule has 0 fully saturated rings. The van der Waals surface area contributed by atoms with Crippen molar-refractivity contribution in [3.05, 3.63) is 96.1 Å². The van der Waals surface area contributed by atoms with Gasteiger partial charge in [-0.05, 0) is 47.9 Å². The summed E-state index contributed by atoms with van der Waals surface area (Å²) in [6.45, 7) is 0.464. The van der Waals surface area contributed by atoms with Crippen LogP contribution >= 0.6 is 0 Å². The minimum atomic E-state index is -0.844. The number of nitrogens with two attached hydrogens (primary N) is 2. The first-order valence-corrected chi connectivity index (χ1v) is 14.2. The third kappa shape index (κ3) is 4.55. The summed E-state index contributed by atoms with van der Waals surface area (Å²) in [4.78, 5) is 50.5. The summed E-state index contributed by atoms with van der Waals surface area (Å²) >= 11 is 0. The highest BCUT2D eigenvalue weighted by Crippen LogP contribution is 2.39. The lowest BCUT2D eigenvalue weighted by Crippen LogP contribution is -2.42. The van der Waals surface area contributed by atoms with E-state index >= 15 is 0 Å². The van der Waals surface area contributed by atoms with E-state index in [-0.39, 0.29) is 36.8 Å². The van der Waals surface area contributed by atoms with Crippen LogP contribution in [0.3, 0.4) is 0 Å². The Hall–Kier alpha value is -5.52. The molecule has 4 N–H and O–H groups in total. The molecule has 2 aromatic heterocycles. The van der Waals surface area contributed by atoms with E-state index in [2.05, 4.69) is 29.9 Å². The Morgan fingerprint density at radius 1 is 0.591 bits per heavy atom. The van der Waals surface area contributed by atoms with Crippen molar-refractivity contribution < 1.29 is 19.1 Å². The van der Waals surface area contributed by atoms with E-state index in [1.807, 2.05) is 36.4 Å². The van der Waals surface area contributed by atoms with Gasteiger partial charge in [0.2, 0.25) is 0 Å². The smallest absolute Gasteiger partial charge is 0.283 e. The Bertz CT molecular complexity index is 1710. The SMILES string of the molecule is NC1=N[C@@]2(CCc3c(cccc3-c3cncnc3)C2=O)CO1.NC1=N[C@]2(CCc3c(cccc3-c3cncnc3)C2=O)CO1. The predicted octanol–water partition coefficient (Wildman–Crippen LogP) is 2.71. The van der Waals surface area contributed by atoms with Crippen molar-refractivity contribution in [3.63, 3.8) is 0 Å². The molecule has 0 saturated heterocycles. The van der Waals surface area contributed by atoms with Gasteiger partial charge < -0.3 is 20.9 Å². The zero-order valence-electron chi connectivity index (χ0n) is 23.6. The van der Waals surface area contributed by atoms with Gasteiger partial charge >= 0.3 is 0 Å². The van der Waals surface area contributed by atoms with Gasteiger partial charge in [0, 0.05) is 47.0 Å². The number of hydrogen-bond acceptors (Lipinski definition) is 12. The first-order valence-electron chi connectivity index (χ1n) is 14.2. The van der Waals surface area contributed by atoms with Gasteiger partial charge in [-0.1, -0.05) is 36.4 Å². The van der Waals surface area contributed by atoms with Crippen molar-refractivity contribution in [2.45, 2.75) is 36.8 Å². The number of carbonyl (C=O) groups excluding carboxylic acids is 2. The molecule has 12 heteroatoms. The number of carbonyl (C=O) groups is 2. The maximum atomic E-state index is 12.9. The highest BCUT2D eigenvalue weighted by Gasteiger charge is 2.48. The number of hydrogen-bond donors (Lipinski definition) is 2. The zero-order chi connectivity index (χ0) is 30.3. The number of fused-ring (bicyclic) bond motifs is 2. The van der Waals surface area contributed by atoms with Gasteiger partial charge in [0.15, 0.2) is 22.6 Å². The van der Waals surface area contributed by atoms with Gasteiger partial charge in [0.1, 0.15) is 25.9 Å². The minimum Gasteiger partial charge on any atom is -0.462 e. The maximum Gasteiger partial charge on any atom is 0.283 e. The summed E-state index contributed by atoms with van der Waals surface area (Å²) in [7, 11) is 0. The molecule has 0 unspecified atom stereocenters. The normalized spacial score (nSPS) is 23.1. The third-order valence-electron chi connectivity index (χ3n) is 8.57. The summed E-state index contributed by atoms with van der Waals surface area (Å²) in [5, 5.41) is 0. The lowest BCUT2D eigenvalue weighted by atomic mass is 9.76. The molecule has 44 heavy (non-hydrogen) atoms. The molecule has 2 spiro atoms. The number of Topliss-reactive ketones (excluding diaryl/α,β-unsaturated/α-hetero) is 2. The molecule has 2 atom stereocenters. The molecular weight excluding hydrogens is 560 g/mol. The van der Waals surface area contributed by atoms with Crippen LogP contribution in [0.4, 0.5) is 0 Å². The summed E-state index contributed by atoms with van der Waals surface area (Å²) in [5.74, 6) is -0.0409. The fourth-order valence-corrected chi connectivity index (χ4v) is 6.37. The van der Waals surface area contributed by atoms with Gasteiger partial charge in [-0.3, -0.25) is 9.59 Å². The second-order valence-corrected chi connectivity index (χ2v) is 11.1.